The first-order valence-electron chi connectivity index (χ1n) is 7.42. The molecule has 1 aliphatic heterocycles. The Morgan fingerprint density at radius 3 is 2.72 bits per heavy atom. The third-order valence-corrected chi connectivity index (χ3v) is 3.48. The predicted molar refractivity (Wildman–Crippen MR) is 75.9 cm³/mol. The molecule has 0 radical (unpaired) electrons. The minimum Gasteiger partial charge on any atom is -0.381 e. The quantitative estimate of drug-likeness (QED) is 0.678. The summed E-state index contributed by atoms with van der Waals surface area (Å²) in [5.74, 6) is 0.631. The molecule has 1 saturated heterocycles. The Labute approximate surface area is 113 Å². The van der Waals surface area contributed by atoms with Crippen molar-refractivity contribution in [2.45, 2.75) is 53.0 Å². The van der Waals surface area contributed by atoms with E-state index in [-0.39, 0.29) is 0 Å². The highest BCUT2D eigenvalue weighted by Gasteiger charge is 2.25. The van der Waals surface area contributed by atoms with Crippen molar-refractivity contribution < 1.29 is 9.47 Å². The van der Waals surface area contributed by atoms with Gasteiger partial charge < -0.3 is 14.8 Å². The molecule has 0 aromatic carbocycles. The zero-order valence-corrected chi connectivity index (χ0v) is 12.6. The summed E-state index contributed by atoms with van der Waals surface area (Å²) in [6.45, 7) is 13.5. The highest BCUT2D eigenvalue weighted by molar-refractivity contribution is 4.79. The van der Waals surface area contributed by atoms with Gasteiger partial charge in [0, 0.05) is 25.2 Å². The lowest BCUT2D eigenvalue weighted by Crippen LogP contribution is -2.41. The van der Waals surface area contributed by atoms with Crippen LogP contribution >= 0.6 is 0 Å². The first kappa shape index (κ1) is 15.9. The van der Waals surface area contributed by atoms with Crippen LogP contribution in [0, 0.1) is 11.3 Å². The largest absolute Gasteiger partial charge is 0.381 e. The lowest BCUT2D eigenvalue weighted by Gasteiger charge is -2.25. The zero-order valence-electron chi connectivity index (χ0n) is 12.6. The van der Waals surface area contributed by atoms with Crippen molar-refractivity contribution in [3.8, 4) is 0 Å². The van der Waals surface area contributed by atoms with E-state index in [2.05, 4.69) is 33.0 Å². The van der Waals surface area contributed by atoms with E-state index >= 15 is 0 Å². The van der Waals surface area contributed by atoms with Gasteiger partial charge in [0.05, 0.1) is 13.2 Å². The minimum atomic E-state index is 0.364. The summed E-state index contributed by atoms with van der Waals surface area (Å²) >= 11 is 0. The highest BCUT2D eigenvalue weighted by Crippen LogP contribution is 2.20. The van der Waals surface area contributed by atoms with Gasteiger partial charge >= 0.3 is 0 Å². The van der Waals surface area contributed by atoms with Crippen molar-refractivity contribution >= 4 is 0 Å². The molecular formula is C15H31NO2. The van der Waals surface area contributed by atoms with Gasteiger partial charge in [0.1, 0.15) is 0 Å². The van der Waals surface area contributed by atoms with Crippen molar-refractivity contribution in [3.05, 3.63) is 0 Å². The van der Waals surface area contributed by atoms with Crippen molar-refractivity contribution in [1.29, 1.82) is 0 Å². The van der Waals surface area contributed by atoms with Gasteiger partial charge in [-0.25, -0.2) is 0 Å². The van der Waals surface area contributed by atoms with E-state index in [4.69, 9.17) is 9.47 Å². The smallest absolute Gasteiger partial charge is 0.0623 e. The van der Waals surface area contributed by atoms with E-state index in [9.17, 15) is 0 Å². The number of ether oxygens (including phenoxy) is 2. The van der Waals surface area contributed by atoms with Gasteiger partial charge in [0.2, 0.25) is 0 Å². The van der Waals surface area contributed by atoms with Crippen molar-refractivity contribution in [1.82, 2.24) is 5.32 Å². The Bertz CT molecular complexity index is 207. The van der Waals surface area contributed by atoms with Crippen LogP contribution in [0.15, 0.2) is 0 Å². The fraction of sp³-hybridized carbons (Fsp3) is 1.00. The van der Waals surface area contributed by atoms with Crippen LogP contribution in [0.2, 0.25) is 0 Å². The normalized spacial score (nSPS) is 22.3. The van der Waals surface area contributed by atoms with Gasteiger partial charge in [-0.05, 0) is 31.2 Å². The Balaban J connectivity index is 2.23. The van der Waals surface area contributed by atoms with Crippen LogP contribution in [-0.4, -0.2) is 39.0 Å². The topological polar surface area (TPSA) is 30.5 Å². The van der Waals surface area contributed by atoms with Crippen LogP contribution in [0.4, 0.5) is 0 Å². The molecule has 0 spiro atoms. The molecule has 2 atom stereocenters. The van der Waals surface area contributed by atoms with Crippen LogP contribution in [-0.2, 0) is 9.47 Å². The second kappa shape index (κ2) is 8.13. The van der Waals surface area contributed by atoms with E-state index < -0.39 is 0 Å². The van der Waals surface area contributed by atoms with E-state index in [0.717, 1.165) is 39.4 Å². The number of hydrogen-bond acceptors (Lipinski definition) is 3. The molecule has 1 fully saturated rings. The molecule has 3 nitrogen and oxygen atoms in total. The number of nitrogens with one attached hydrogen (secondary N) is 1. The van der Waals surface area contributed by atoms with Gasteiger partial charge in [-0.2, -0.15) is 0 Å². The Kier molecular flexibility index (Phi) is 7.20. The van der Waals surface area contributed by atoms with Gasteiger partial charge in [0.25, 0.3) is 0 Å². The molecule has 108 valence electrons. The van der Waals surface area contributed by atoms with E-state index in [1.807, 2.05) is 0 Å². The lowest BCUT2D eigenvalue weighted by atomic mass is 9.93. The highest BCUT2D eigenvalue weighted by atomic mass is 16.5. The first-order valence-corrected chi connectivity index (χ1v) is 7.42. The van der Waals surface area contributed by atoms with Crippen molar-refractivity contribution in [2.24, 2.45) is 11.3 Å². The molecule has 1 rings (SSSR count). The third-order valence-electron chi connectivity index (χ3n) is 3.48. The molecule has 0 aromatic rings. The minimum absolute atomic E-state index is 0.364. The van der Waals surface area contributed by atoms with E-state index in [0.29, 0.717) is 17.4 Å². The maximum atomic E-state index is 5.86. The van der Waals surface area contributed by atoms with Crippen LogP contribution < -0.4 is 5.32 Å². The molecule has 1 heterocycles. The fourth-order valence-corrected chi connectivity index (χ4v) is 2.15. The molecule has 1 N–H and O–H groups in total. The van der Waals surface area contributed by atoms with E-state index in [1.165, 1.54) is 12.8 Å². The molecule has 0 bridgehead atoms. The summed E-state index contributed by atoms with van der Waals surface area (Å²) in [6.07, 6.45) is 3.46. The Morgan fingerprint density at radius 2 is 2.17 bits per heavy atom. The molecule has 18 heavy (non-hydrogen) atoms. The van der Waals surface area contributed by atoms with Crippen LogP contribution in [0.25, 0.3) is 0 Å². The van der Waals surface area contributed by atoms with Crippen molar-refractivity contribution in [3.63, 3.8) is 0 Å². The molecule has 0 amide bonds. The zero-order chi connectivity index (χ0) is 13.4. The maximum Gasteiger partial charge on any atom is 0.0623 e. The van der Waals surface area contributed by atoms with E-state index in [1.54, 1.807) is 0 Å². The first-order chi connectivity index (χ1) is 8.53. The van der Waals surface area contributed by atoms with Gasteiger partial charge in [0.15, 0.2) is 0 Å². The Morgan fingerprint density at radius 1 is 1.39 bits per heavy atom. The van der Waals surface area contributed by atoms with Crippen LogP contribution in [0.3, 0.4) is 0 Å². The summed E-state index contributed by atoms with van der Waals surface area (Å²) in [5.41, 5.74) is 0.364. The summed E-state index contributed by atoms with van der Waals surface area (Å²) in [4.78, 5) is 0. The summed E-state index contributed by atoms with van der Waals surface area (Å²) in [6, 6.07) is 0.465. The van der Waals surface area contributed by atoms with Gasteiger partial charge in [-0.3, -0.25) is 0 Å². The predicted octanol–water partition coefficient (Wildman–Crippen LogP) is 2.84. The lowest BCUT2D eigenvalue weighted by molar-refractivity contribution is 0.0714. The SMILES string of the molecule is CCCNC(COCCC(C)(C)C)C1CCOC1. The monoisotopic (exact) mass is 257 g/mol. The molecule has 1 aliphatic rings. The second-order valence-corrected chi connectivity index (χ2v) is 6.57. The van der Waals surface area contributed by atoms with Crippen molar-refractivity contribution in [2.75, 3.05) is 33.0 Å². The number of rotatable bonds is 8. The summed E-state index contributed by atoms with van der Waals surface area (Å²) in [7, 11) is 0. The Hall–Kier alpha value is -0.120. The molecule has 0 aliphatic carbocycles. The molecule has 0 aromatic heterocycles. The van der Waals surface area contributed by atoms with Gasteiger partial charge in [-0.15, -0.1) is 0 Å². The second-order valence-electron chi connectivity index (χ2n) is 6.57. The molecule has 2 unspecified atom stereocenters. The summed E-state index contributed by atoms with van der Waals surface area (Å²) in [5, 5.41) is 3.60. The fourth-order valence-electron chi connectivity index (χ4n) is 2.15. The molecule has 0 saturated carbocycles. The maximum absolute atomic E-state index is 5.86. The third kappa shape index (κ3) is 6.72. The van der Waals surface area contributed by atoms with Gasteiger partial charge in [-0.1, -0.05) is 27.7 Å². The molecular weight excluding hydrogens is 226 g/mol. The van der Waals surface area contributed by atoms with Crippen LogP contribution in [0.5, 0.6) is 0 Å². The standard InChI is InChI=1S/C15H31NO2/c1-5-8-16-14(13-6-9-17-11-13)12-18-10-7-15(2,3)4/h13-14,16H,5-12H2,1-4H3. The summed E-state index contributed by atoms with van der Waals surface area (Å²) < 4.78 is 11.3. The number of hydrogen-bond donors (Lipinski definition) is 1. The van der Waals surface area contributed by atoms with Crippen LogP contribution in [0.1, 0.15) is 47.0 Å². The average molecular weight is 257 g/mol. The molecule has 3 heteroatoms. The average Bonchev–Trinajstić information content (AvgIpc) is 2.80.